The number of amides is 1. The van der Waals surface area contributed by atoms with E-state index >= 15 is 0 Å². The zero-order valence-corrected chi connectivity index (χ0v) is 13.4. The first-order chi connectivity index (χ1) is 10.6. The second-order valence-electron chi connectivity index (χ2n) is 4.57. The Morgan fingerprint density at radius 1 is 1.45 bits per heavy atom. The first-order valence-electron chi connectivity index (χ1n) is 7.07. The van der Waals surface area contributed by atoms with Crippen LogP contribution in [0.3, 0.4) is 0 Å². The van der Waals surface area contributed by atoms with Crippen LogP contribution in [0.2, 0.25) is 0 Å². The van der Waals surface area contributed by atoms with Gasteiger partial charge in [-0.25, -0.2) is 4.98 Å². The number of rotatable bonds is 7. The number of esters is 1. The fraction of sp³-hybridized carbons (Fsp3) is 0.400. The molecular weight excluding hydrogens is 304 g/mol. The molecule has 0 spiro atoms. The average molecular weight is 322 g/mol. The van der Waals surface area contributed by atoms with Crippen LogP contribution in [0.1, 0.15) is 35.1 Å². The van der Waals surface area contributed by atoms with E-state index in [4.69, 9.17) is 9.15 Å². The van der Waals surface area contributed by atoms with Crippen LogP contribution in [-0.4, -0.2) is 30.0 Å². The largest absolute Gasteiger partial charge is 0.466 e. The lowest BCUT2D eigenvalue weighted by Gasteiger charge is -2.04. The van der Waals surface area contributed by atoms with Crippen molar-refractivity contribution >= 4 is 23.2 Å². The highest BCUT2D eigenvalue weighted by Gasteiger charge is 2.17. The highest BCUT2D eigenvalue weighted by atomic mass is 32.1. The van der Waals surface area contributed by atoms with E-state index in [0.29, 0.717) is 42.5 Å². The summed E-state index contributed by atoms with van der Waals surface area (Å²) in [4.78, 5) is 28.4. The lowest BCUT2D eigenvalue weighted by atomic mass is 10.3. The Bertz CT molecular complexity index is 634. The molecule has 0 aliphatic heterocycles. The van der Waals surface area contributed by atoms with Gasteiger partial charge < -0.3 is 14.5 Å². The molecule has 118 valence electrons. The Morgan fingerprint density at radius 2 is 2.27 bits per heavy atom. The number of furan rings is 1. The van der Waals surface area contributed by atoms with E-state index in [1.54, 1.807) is 25.3 Å². The molecule has 0 atom stereocenters. The van der Waals surface area contributed by atoms with Crippen LogP contribution in [0.4, 0.5) is 0 Å². The molecule has 0 fully saturated rings. The van der Waals surface area contributed by atoms with Crippen LogP contribution in [0.5, 0.6) is 0 Å². The van der Waals surface area contributed by atoms with Gasteiger partial charge in [0.05, 0.1) is 12.9 Å². The maximum atomic E-state index is 12.1. The highest BCUT2D eigenvalue weighted by Crippen LogP contribution is 2.27. The number of hydrogen-bond acceptors (Lipinski definition) is 6. The number of nitrogens with one attached hydrogen (secondary N) is 1. The van der Waals surface area contributed by atoms with Gasteiger partial charge in [-0.1, -0.05) is 0 Å². The number of aryl methyl sites for hydroxylation is 1. The van der Waals surface area contributed by atoms with Crippen molar-refractivity contribution in [3.8, 4) is 10.8 Å². The second kappa shape index (κ2) is 7.74. The van der Waals surface area contributed by atoms with Crippen LogP contribution in [0, 0.1) is 6.92 Å². The summed E-state index contributed by atoms with van der Waals surface area (Å²) in [5.41, 5.74) is 0.396. The molecule has 6 nitrogen and oxygen atoms in total. The van der Waals surface area contributed by atoms with Crippen LogP contribution in [-0.2, 0) is 9.53 Å². The summed E-state index contributed by atoms with van der Waals surface area (Å²) in [5.74, 6) is 0.159. The summed E-state index contributed by atoms with van der Waals surface area (Å²) in [6, 6.07) is 3.58. The highest BCUT2D eigenvalue weighted by molar-refractivity contribution is 7.15. The number of thiazole rings is 1. The molecule has 0 saturated heterocycles. The van der Waals surface area contributed by atoms with Crippen molar-refractivity contribution in [1.82, 2.24) is 10.3 Å². The molecule has 2 aromatic heterocycles. The van der Waals surface area contributed by atoms with E-state index < -0.39 is 0 Å². The van der Waals surface area contributed by atoms with Crippen molar-refractivity contribution in [2.24, 2.45) is 0 Å². The molecule has 0 aliphatic rings. The van der Waals surface area contributed by atoms with Crippen molar-refractivity contribution in [2.45, 2.75) is 26.7 Å². The summed E-state index contributed by atoms with van der Waals surface area (Å²) in [7, 11) is 0. The van der Waals surface area contributed by atoms with Gasteiger partial charge in [-0.2, -0.15) is 0 Å². The van der Waals surface area contributed by atoms with Gasteiger partial charge in [0.1, 0.15) is 5.69 Å². The molecule has 1 amide bonds. The minimum Gasteiger partial charge on any atom is -0.466 e. The Hall–Kier alpha value is -2.15. The molecule has 2 heterocycles. The Balaban J connectivity index is 1.86. The number of ether oxygens (including phenoxy) is 1. The van der Waals surface area contributed by atoms with Crippen molar-refractivity contribution in [3.05, 3.63) is 29.0 Å². The number of aromatic nitrogens is 1. The summed E-state index contributed by atoms with van der Waals surface area (Å²) in [5, 5.41) is 3.44. The van der Waals surface area contributed by atoms with Crippen molar-refractivity contribution in [1.29, 1.82) is 0 Å². The summed E-state index contributed by atoms with van der Waals surface area (Å²) in [6.07, 6.45) is 2.40. The summed E-state index contributed by atoms with van der Waals surface area (Å²) in [6.45, 7) is 4.39. The average Bonchev–Trinajstić information content (AvgIpc) is 3.12. The molecule has 22 heavy (non-hydrogen) atoms. The predicted octanol–water partition coefficient (Wildman–Crippen LogP) is 2.78. The van der Waals surface area contributed by atoms with E-state index in [-0.39, 0.29) is 11.9 Å². The second-order valence-corrected chi connectivity index (χ2v) is 5.77. The molecule has 2 aromatic rings. The molecular formula is C15H18N2O4S. The van der Waals surface area contributed by atoms with Gasteiger partial charge in [0.2, 0.25) is 0 Å². The quantitative estimate of drug-likeness (QED) is 0.626. The predicted molar refractivity (Wildman–Crippen MR) is 82.8 cm³/mol. The third-order valence-electron chi connectivity index (χ3n) is 2.89. The van der Waals surface area contributed by atoms with E-state index in [0.717, 1.165) is 4.88 Å². The monoisotopic (exact) mass is 322 g/mol. The lowest BCUT2D eigenvalue weighted by molar-refractivity contribution is -0.143. The van der Waals surface area contributed by atoms with Crippen LogP contribution < -0.4 is 5.32 Å². The van der Waals surface area contributed by atoms with Gasteiger partial charge in [-0.15, -0.1) is 11.3 Å². The van der Waals surface area contributed by atoms with Crippen LogP contribution in [0.25, 0.3) is 10.8 Å². The number of carbonyl (C=O) groups excluding carboxylic acids is 2. The molecule has 1 N–H and O–H groups in total. The van der Waals surface area contributed by atoms with Gasteiger partial charge in [-0.3, -0.25) is 9.59 Å². The van der Waals surface area contributed by atoms with Gasteiger partial charge in [-0.05, 0) is 32.4 Å². The molecule has 0 aliphatic carbocycles. The Labute approximate surface area is 132 Å². The molecule has 0 radical (unpaired) electrons. The first kappa shape index (κ1) is 16.2. The molecule has 2 rings (SSSR count). The smallest absolute Gasteiger partial charge is 0.305 e. The zero-order chi connectivity index (χ0) is 15.9. The molecule has 7 heteroatoms. The molecule has 0 aromatic carbocycles. The molecule has 0 unspecified atom stereocenters. The minimum absolute atomic E-state index is 0.240. The third kappa shape index (κ3) is 4.17. The summed E-state index contributed by atoms with van der Waals surface area (Å²) < 4.78 is 10.1. The minimum atomic E-state index is -0.248. The molecule has 0 saturated carbocycles. The van der Waals surface area contributed by atoms with Gasteiger partial charge in [0.15, 0.2) is 10.8 Å². The van der Waals surface area contributed by atoms with Crippen LogP contribution >= 0.6 is 11.3 Å². The number of nitrogens with zero attached hydrogens (tertiary/aromatic N) is 1. The fourth-order valence-corrected chi connectivity index (χ4v) is 2.74. The third-order valence-corrected chi connectivity index (χ3v) is 3.88. The van der Waals surface area contributed by atoms with E-state index in [9.17, 15) is 9.59 Å². The summed E-state index contributed by atoms with van der Waals surface area (Å²) >= 11 is 1.41. The normalized spacial score (nSPS) is 10.5. The van der Waals surface area contributed by atoms with Gasteiger partial charge >= 0.3 is 5.97 Å². The molecule has 0 bridgehead atoms. The van der Waals surface area contributed by atoms with E-state index in [1.165, 1.54) is 11.3 Å². The SMILES string of the molecule is CCOC(=O)CCCNC(=O)c1nc(-c2ccco2)sc1C. The lowest BCUT2D eigenvalue weighted by Crippen LogP contribution is -2.26. The zero-order valence-electron chi connectivity index (χ0n) is 12.5. The van der Waals surface area contributed by atoms with Crippen molar-refractivity contribution in [2.75, 3.05) is 13.2 Å². The van der Waals surface area contributed by atoms with Crippen molar-refractivity contribution < 1.29 is 18.7 Å². The standard InChI is InChI=1S/C15H18N2O4S/c1-3-20-12(18)7-4-8-16-14(19)13-10(2)22-15(17-13)11-6-5-9-21-11/h5-6,9H,3-4,7-8H2,1-2H3,(H,16,19). The number of carbonyl (C=O) groups is 2. The maximum Gasteiger partial charge on any atom is 0.305 e. The fourth-order valence-electron chi connectivity index (χ4n) is 1.86. The topological polar surface area (TPSA) is 81.4 Å². The van der Waals surface area contributed by atoms with E-state index in [2.05, 4.69) is 10.3 Å². The Kier molecular flexibility index (Phi) is 5.71. The first-order valence-corrected chi connectivity index (χ1v) is 7.88. The maximum absolute atomic E-state index is 12.1. The van der Waals surface area contributed by atoms with Gasteiger partial charge in [0.25, 0.3) is 5.91 Å². The number of hydrogen-bond donors (Lipinski definition) is 1. The van der Waals surface area contributed by atoms with Crippen molar-refractivity contribution in [3.63, 3.8) is 0 Å². The van der Waals surface area contributed by atoms with E-state index in [1.807, 2.05) is 6.92 Å². The van der Waals surface area contributed by atoms with Crippen LogP contribution in [0.15, 0.2) is 22.8 Å². The van der Waals surface area contributed by atoms with Gasteiger partial charge in [0, 0.05) is 17.8 Å². The Morgan fingerprint density at radius 3 is 2.95 bits per heavy atom.